The lowest BCUT2D eigenvalue weighted by Crippen LogP contribution is -2.05. The monoisotopic (exact) mass is 397 g/mol. The molecule has 134 valence electrons. The molecule has 0 unspecified atom stereocenters. The Kier molecular flexibility index (Phi) is 4.74. The van der Waals surface area contributed by atoms with Crippen LogP contribution < -0.4 is 0 Å². The Hall–Kier alpha value is -2.97. The van der Waals surface area contributed by atoms with E-state index in [1.807, 2.05) is 12.1 Å². The molecule has 0 N–H and O–H groups in total. The van der Waals surface area contributed by atoms with Gasteiger partial charge in [0.25, 0.3) is 0 Å². The summed E-state index contributed by atoms with van der Waals surface area (Å²) in [6.07, 6.45) is 4.90. The van der Waals surface area contributed by atoms with Gasteiger partial charge in [-0.1, -0.05) is 21.2 Å². The van der Waals surface area contributed by atoms with Gasteiger partial charge in [0, 0.05) is 23.4 Å². The van der Waals surface area contributed by atoms with Crippen LogP contribution in [0.15, 0.2) is 47.4 Å². The van der Waals surface area contributed by atoms with Gasteiger partial charge in [-0.05, 0) is 36.7 Å². The van der Waals surface area contributed by atoms with E-state index in [4.69, 9.17) is 16.1 Å². The van der Waals surface area contributed by atoms with Gasteiger partial charge < -0.3 is 4.52 Å². The number of carbonyl (C=O) groups is 1. The van der Waals surface area contributed by atoms with Crippen molar-refractivity contribution in [1.82, 2.24) is 24.7 Å². The molecule has 0 saturated heterocycles. The molecule has 0 radical (unpaired) electrons. The Balaban J connectivity index is 1.58. The number of hydrogen-bond donors (Lipinski definition) is 0. The highest BCUT2D eigenvalue weighted by Crippen LogP contribution is 2.31. The zero-order valence-corrected chi connectivity index (χ0v) is 15.7. The second kappa shape index (κ2) is 7.34. The van der Waals surface area contributed by atoms with E-state index in [0.717, 1.165) is 22.7 Å². The van der Waals surface area contributed by atoms with Crippen LogP contribution in [0.5, 0.6) is 0 Å². The first-order chi connectivity index (χ1) is 13.1. The fourth-order valence-electron chi connectivity index (χ4n) is 2.56. The van der Waals surface area contributed by atoms with Crippen LogP contribution in [0.25, 0.3) is 22.6 Å². The summed E-state index contributed by atoms with van der Waals surface area (Å²) in [7, 11) is 0. The molecule has 4 aromatic rings. The van der Waals surface area contributed by atoms with Crippen LogP contribution in [0.2, 0.25) is 5.02 Å². The van der Waals surface area contributed by atoms with Crippen LogP contribution in [-0.4, -0.2) is 30.5 Å². The highest BCUT2D eigenvalue weighted by Gasteiger charge is 2.15. The molecular formula is C18H12ClN5O2S. The lowest BCUT2D eigenvalue weighted by atomic mass is 10.1. The molecule has 0 atom stereocenters. The van der Waals surface area contributed by atoms with Crippen molar-refractivity contribution in [2.75, 3.05) is 0 Å². The van der Waals surface area contributed by atoms with Gasteiger partial charge in [-0.3, -0.25) is 14.8 Å². The quantitative estimate of drug-likeness (QED) is 0.469. The van der Waals surface area contributed by atoms with Gasteiger partial charge in [-0.25, -0.2) is 0 Å². The number of Topliss-reactive ketones (excluding diaryl/α,β-unsaturated/α-hetero) is 1. The van der Waals surface area contributed by atoms with Crippen LogP contribution in [0.3, 0.4) is 0 Å². The van der Waals surface area contributed by atoms with Crippen LogP contribution in [0.1, 0.15) is 21.1 Å². The molecule has 0 spiro atoms. The highest BCUT2D eigenvalue weighted by molar-refractivity contribution is 7.08. The maximum Gasteiger partial charge on any atom is 0.182 e. The number of hydrogen-bond acceptors (Lipinski definition) is 8. The third kappa shape index (κ3) is 3.62. The summed E-state index contributed by atoms with van der Waals surface area (Å²) in [6.45, 7) is 1.76. The van der Waals surface area contributed by atoms with Crippen LogP contribution in [0.4, 0.5) is 0 Å². The molecule has 0 fully saturated rings. The Bertz CT molecular complexity index is 1090. The minimum absolute atomic E-state index is 0.0742. The molecule has 0 bridgehead atoms. The van der Waals surface area contributed by atoms with Crippen molar-refractivity contribution in [2.24, 2.45) is 0 Å². The van der Waals surface area contributed by atoms with Gasteiger partial charge in [-0.15, -0.1) is 5.10 Å². The second-order valence-electron chi connectivity index (χ2n) is 5.75. The summed E-state index contributed by atoms with van der Waals surface area (Å²) in [4.78, 5) is 21.6. The zero-order chi connectivity index (χ0) is 18.8. The third-order valence-electron chi connectivity index (χ3n) is 3.92. The molecule has 0 saturated carbocycles. The first-order valence-corrected chi connectivity index (χ1v) is 9.11. The van der Waals surface area contributed by atoms with E-state index >= 15 is 0 Å². The largest absolute Gasteiger partial charge is 0.356 e. The van der Waals surface area contributed by atoms with Gasteiger partial charge >= 0.3 is 0 Å². The number of aromatic nitrogens is 5. The first-order valence-electron chi connectivity index (χ1n) is 7.96. The molecule has 3 heterocycles. The highest BCUT2D eigenvalue weighted by atomic mass is 35.5. The van der Waals surface area contributed by atoms with E-state index in [9.17, 15) is 4.79 Å². The average molecular weight is 398 g/mol. The predicted octanol–water partition coefficient (Wildman–Crippen LogP) is 4.04. The van der Waals surface area contributed by atoms with E-state index in [1.54, 1.807) is 37.6 Å². The predicted molar refractivity (Wildman–Crippen MR) is 101 cm³/mol. The fraction of sp³-hybridized carbons (Fsp3) is 0.111. The van der Waals surface area contributed by atoms with Crippen LogP contribution in [-0.2, 0) is 6.42 Å². The van der Waals surface area contributed by atoms with Crippen LogP contribution in [0, 0.1) is 6.92 Å². The molecule has 27 heavy (non-hydrogen) atoms. The number of rotatable bonds is 5. The second-order valence-corrected chi connectivity index (χ2v) is 6.91. The number of nitrogens with zero attached hydrogens (tertiary/aromatic N) is 5. The van der Waals surface area contributed by atoms with Crippen molar-refractivity contribution in [1.29, 1.82) is 0 Å². The summed E-state index contributed by atoms with van der Waals surface area (Å²) in [5.41, 5.74) is 3.36. The van der Waals surface area contributed by atoms with Crippen molar-refractivity contribution >= 4 is 28.9 Å². The Morgan fingerprint density at radius 1 is 1.22 bits per heavy atom. The zero-order valence-electron chi connectivity index (χ0n) is 14.1. The molecule has 7 nitrogen and oxygen atoms in total. The van der Waals surface area contributed by atoms with Gasteiger partial charge in [0.2, 0.25) is 0 Å². The first kappa shape index (κ1) is 17.4. The Labute approximate surface area is 163 Å². The summed E-state index contributed by atoms with van der Waals surface area (Å²) in [5, 5.41) is 8.12. The van der Waals surface area contributed by atoms with E-state index in [1.165, 1.54) is 0 Å². The summed E-state index contributed by atoms with van der Waals surface area (Å²) < 4.78 is 8.97. The SMILES string of the molecule is Cc1nnsc1C(=O)Cc1cnc(-c2cc(-c3ccno3)ccc2Cl)cn1. The topological polar surface area (TPSA) is 94.7 Å². The summed E-state index contributed by atoms with van der Waals surface area (Å²) >= 11 is 7.41. The molecule has 1 aromatic carbocycles. The van der Waals surface area contributed by atoms with Crippen molar-refractivity contribution in [3.8, 4) is 22.6 Å². The number of benzene rings is 1. The maximum atomic E-state index is 12.3. The summed E-state index contributed by atoms with van der Waals surface area (Å²) in [6, 6.07) is 7.25. The molecular weight excluding hydrogens is 386 g/mol. The van der Waals surface area contributed by atoms with Crippen LogP contribution >= 0.6 is 23.1 Å². The van der Waals surface area contributed by atoms with E-state index in [-0.39, 0.29) is 12.2 Å². The van der Waals surface area contributed by atoms with Gasteiger partial charge in [-0.2, -0.15) is 0 Å². The molecule has 4 rings (SSSR count). The maximum absolute atomic E-state index is 12.3. The number of carbonyl (C=O) groups excluding carboxylic acids is 1. The molecule has 0 aliphatic heterocycles. The normalized spacial score (nSPS) is 10.9. The minimum atomic E-state index is -0.0742. The molecule has 0 aliphatic carbocycles. The number of halogens is 1. The van der Waals surface area contributed by atoms with E-state index in [0.29, 0.717) is 32.7 Å². The van der Waals surface area contributed by atoms with Crippen molar-refractivity contribution in [2.45, 2.75) is 13.3 Å². The fourth-order valence-corrected chi connectivity index (χ4v) is 3.36. The van der Waals surface area contributed by atoms with Gasteiger partial charge in [0.15, 0.2) is 11.5 Å². The smallest absolute Gasteiger partial charge is 0.182 e. The van der Waals surface area contributed by atoms with E-state index < -0.39 is 0 Å². The number of ketones is 1. The average Bonchev–Trinajstić information content (AvgIpc) is 3.35. The molecule has 9 heteroatoms. The van der Waals surface area contributed by atoms with Gasteiger partial charge in [0.05, 0.1) is 40.9 Å². The lowest BCUT2D eigenvalue weighted by molar-refractivity contribution is 0.0995. The standard InChI is InChI=1S/C18H12ClN5O2S/c1-10-18(27-24-23-10)16(25)7-12-8-21-15(9-20-12)13-6-11(2-3-14(13)19)17-4-5-22-26-17/h2-6,8-9H,7H2,1H3. The lowest BCUT2D eigenvalue weighted by Gasteiger charge is -2.06. The molecule has 3 aromatic heterocycles. The summed E-state index contributed by atoms with van der Waals surface area (Å²) in [5.74, 6) is 0.562. The van der Waals surface area contributed by atoms with Gasteiger partial charge in [0.1, 0.15) is 4.88 Å². The van der Waals surface area contributed by atoms with Crippen molar-refractivity contribution in [3.63, 3.8) is 0 Å². The Morgan fingerprint density at radius 3 is 2.78 bits per heavy atom. The van der Waals surface area contributed by atoms with E-state index in [2.05, 4.69) is 24.7 Å². The third-order valence-corrected chi connectivity index (χ3v) is 5.11. The number of aryl methyl sites for hydroxylation is 1. The van der Waals surface area contributed by atoms with Crippen molar-refractivity contribution < 1.29 is 9.32 Å². The minimum Gasteiger partial charge on any atom is -0.356 e. The van der Waals surface area contributed by atoms with Crippen molar-refractivity contribution in [3.05, 3.63) is 64.1 Å². The molecule has 0 amide bonds. The Morgan fingerprint density at radius 2 is 2.11 bits per heavy atom. The molecule has 0 aliphatic rings.